The third-order valence-electron chi connectivity index (χ3n) is 2.91. The van der Waals surface area contributed by atoms with Crippen LogP contribution in [0.3, 0.4) is 0 Å². The van der Waals surface area contributed by atoms with Gasteiger partial charge in [0.2, 0.25) is 0 Å². The number of benzene rings is 2. The number of esters is 2. The topological polar surface area (TPSA) is 52.6 Å². The van der Waals surface area contributed by atoms with Crippen molar-refractivity contribution < 1.29 is 19.1 Å². The van der Waals surface area contributed by atoms with Gasteiger partial charge in [-0.3, -0.25) is 0 Å². The molecule has 3 rings (SSSR count). The van der Waals surface area contributed by atoms with E-state index in [1.165, 1.54) is 7.11 Å². The number of ether oxygens (including phenoxy) is 2. The van der Waals surface area contributed by atoms with E-state index in [0.29, 0.717) is 26.7 Å². The minimum absolute atomic E-state index is 0.347. The van der Waals surface area contributed by atoms with Crippen LogP contribution in [0.15, 0.2) is 28.7 Å². The number of methoxy groups -OCH3 is 1. The molecule has 0 unspecified atom stereocenters. The molecular weight excluding hydrogens is 300 g/mol. The molecule has 5 heteroatoms. The lowest BCUT2D eigenvalue weighted by Gasteiger charge is -2.17. The Morgan fingerprint density at radius 3 is 2.61 bits per heavy atom. The maximum Gasteiger partial charge on any atom is 0.346 e. The summed E-state index contributed by atoms with van der Waals surface area (Å²) in [7, 11) is 1.52. The van der Waals surface area contributed by atoms with Gasteiger partial charge in [-0.05, 0) is 28.1 Å². The lowest BCUT2D eigenvalue weighted by molar-refractivity contribution is 0.0391. The van der Waals surface area contributed by atoms with Gasteiger partial charge in [-0.2, -0.15) is 0 Å². The zero-order valence-corrected chi connectivity index (χ0v) is 10.9. The third kappa shape index (κ3) is 1.37. The van der Waals surface area contributed by atoms with Gasteiger partial charge in [-0.25, -0.2) is 9.59 Å². The summed E-state index contributed by atoms with van der Waals surface area (Å²) >= 11 is 3.42. The highest BCUT2D eigenvalue weighted by Crippen LogP contribution is 2.39. The molecule has 0 N–H and O–H groups in total. The largest absolute Gasteiger partial charge is 0.496 e. The highest BCUT2D eigenvalue weighted by Gasteiger charge is 2.29. The van der Waals surface area contributed by atoms with Gasteiger partial charge in [0, 0.05) is 10.8 Å². The molecule has 0 bridgehead atoms. The van der Waals surface area contributed by atoms with E-state index in [2.05, 4.69) is 15.9 Å². The normalized spacial score (nSPS) is 13.7. The highest BCUT2D eigenvalue weighted by atomic mass is 79.9. The molecule has 1 heterocycles. The molecule has 1 aliphatic heterocycles. The van der Waals surface area contributed by atoms with E-state index in [9.17, 15) is 9.59 Å². The predicted molar refractivity (Wildman–Crippen MR) is 67.9 cm³/mol. The van der Waals surface area contributed by atoms with Gasteiger partial charge < -0.3 is 9.47 Å². The van der Waals surface area contributed by atoms with E-state index >= 15 is 0 Å². The lowest BCUT2D eigenvalue weighted by Crippen LogP contribution is -2.19. The van der Waals surface area contributed by atoms with Gasteiger partial charge in [0.1, 0.15) is 5.75 Å². The number of halogens is 1. The number of hydrogen-bond donors (Lipinski definition) is 0. The summed E-state index contributed by atoms with van der Waals surface area (Å²) in [4.78, 5) is 23.4. The molecule has 0 amide bonds. The van der Waals surface area contributed by atoms with Crippen molar-refractivity contribution in [3.63, 3.8) is 0 Å². The van der Waals surface area contributed by atoms with Crippen molar-refractivity contribution in [2.75, 3.05) is 7.11 Å². The first kappa shape index (κ1) is 11.2. The molecule has 0 atom stereocenters. The number of cyclic esters (lactones) is 2. The molecule has 0 saturated heterocycles. The van der Waals surface area contributed by atoms with Gasteiger partial charge in [0.15, 0.2) is 0 Å². The standard InChI is InChI=1S/C13H7BrO4/c1-17-9-5-8-10-6(11(9)14)3-2-4-7(10)12(15)18-13(8)16/h2-5H,1H3. The molecule has 0 fully saturated rings. The van der Waals surface area contributed by atoms with Gasteiger partial charge in [0.05, 0.1) is 22.7 Å². The van der Waals surface area contributed by atoms with E-state index in [-0.39, 0.29) is 0 Å². The Morgan fingerprint density at radius 1 is 1.17 bits per heavy atom. The number of carbonyl (C=O) groups excluding carboxylic acids is 2. The summed E-state index contributed by atoms with van der Waals surface area (Å²) in [6.07, 6.45) is 0. The summed E-state index contributed by atoms with van der Waals surface area (Å²) < 4.78 is 10.6. The summed E-state index contributed by atoms with van der Waals surface area (Å²) in [5, 5.41) is 1.36. The first-order valence-electron chi connectivity index (χ1n) is 5.19. The molecule has 0 aromatic heterocycles. The van der Waals surface area contributed by atoms with Crippen molar-refractivity contribution in [2.45, 2.75) is 0 Å². The van der Waals surface area contributed by atoms with Crippen LogP contribution >= 0.6 is 15.9 Å². The van der Waals surface area contributed by atoms with Crippen molar-refractivity contribution in [1.82, 2.24) is 0 Å². The maximum atomic E-state index is 11.7. The Hall–Kier alpha value is -1.88. The fourth-order valence-corrected chi connectivity index (χ4v) is 2.71. The van der Waals surface area contributed by atoms with Crippen LogP contribution in [-0.4, -0.2) is 19.0 Å². The fourth-order valence-electron chi connectivity index (χ4n) is 2.10. The quantitative estimate of drug-likeness (QED) is 0.600. The molecule has 0 radical (unpaired) electrons. The predicted octanol–water partition coefficient (Wildman–Crippen LogP) is 2.92. The number of hydrogen-bond acceptors (Lipinski definition) is 4. The Kier molecular flexibility index (Phi) is 2.38. The lowest BCUT2D eigenvalue weighted by atomic mass is 9.97. The van der Waals surface area contributed by atoms with Crippen LogP contribution in [-0.2, 0) is 4.74 Å². The Balaban J connectivity index is 2.54. The number of rotatable bonds is 1. The monoisotopic (exact) mass is 306 g/mol. The Morgan fingerprint density at radius 2 is 1.89 bits per heavy atom. The van der Waals surface area contributed by atoms with E-state index in [4.69, 9.17) is 9.47 Å². The summed E-state index contributed by atoms with van der Waals surface area (Å²) in [5.41, 5.74) is 0.741. The van der Waals surface area contributed by atoms with Gasteiger partial charge >= 0.3 is 11.9 Å². The zero-order valence-electron chi connectivity index (χ0n) is 9.32. The average molecular weight is 307 g/mol. The van der Waals surface area contributed by atoms with Gasteiger partial charge in [-0.1, -0.05) is 12.1 Å². The average Bonchev–Trinajstić information content (AvgIpc) is 2.37. The van der Waals surface area contributed by atoms with E-state index in [0.717, 1.165) is 5.39 Å². The second-order valence-electron chi connectivity index (χ2n) is 3.85. The Bertz CT molecular complexity index is 706. The molecule has 90 valence electrons. The SMILES string of the molecule is COc1cc2c3c(cccc3c1Br)C(=O)OC2=O. The van der Waals surface area contributed by atoms with Crippen LogP contribution in [0.2, 0.25) is 0 Å². The van der Waals surface area contributed by atoms with Crippen molar-refractivity contribution in [2.24, 2.45) is 0 Å². The molecule has 0 spiro atoms. The summed E-state index contributed by atoms with van der Waals surface area (Å²) in [5.74, 6) is -0.731. The van der Waals surface area contributed by atoms with Crippen LogP contribution < -0.4 is 4.74 Å². The van der Waals surface area contributed by atoms with Crippen LogP contribution in [0.25, 0.3) is 10.8 Å². The fraction of sp³-hybridized carbons (Fsp3) is 0.0769. The van der Waals surface area contributed by atoms with Crippen molar-refractivity contribution in [1.29, 1.82) is 0 Å². The van der Waals surface area contributed by atoms with E-state index in [1.54, 1.807) is 18.2 Å². The van der Waals surface area contributed by atoms with Crippen LogP contribution in [0.4, 0.5) is 0 Å². The smallest absolute Gasteiger partial charge is 0.346 e. The van der Waals surface area contributed by atoms with Crippen molar-refractivity contribution >= 4 is 38.6 Å². The van der Waals surface area contributed by atoms with Gasteiger partial charge in [-0.15, -0.1) is 0 Å². The first-order chi connectivity index (χ1) is 8.63. The van der Waals surface area contributed by atoms with Gasteiger partial charge in [0.25, 0.3) is 0 Å². The van der Waals surface area contributed by atoms with Crippen LogP contribution in [0, 0.1) is 0 Å². The second-order valence-corrected chi connectivity index (χ2v) is 4.64. The zero-order chi connectivity index (χ0) is 12.9. The first-order valence-corrected chi connectivity index (χ1v) is 5.98. The molecule has 0 aliphatic carbocycles. The highest BCUT2D eigenvalue weighted by molar-refractivity contribution is 9.10. The maximum absolute atomic E-state index is 11.7. The minimum Gasteiger partial charge on any atom is -0.496 e. The molecule has 1 aliphatic rings. The van der Waals surface area contributed by atoms with Crippen molar-refractivity contribution in [3.8, 4) is 5.75 Å². The minimum atomic E-state index is -0.644. The molecule has 2 aromatic rings. The molecule has 18 heavy (non-hydrogen) atoms. The van der Waals surface area contributed by atoms with E-state index in [1.807, 2.05) is 6.07 Å². The van der Waals surface area contributed by atoms with Crippen LogP contribution in [0.5, 0.6) is 5.75 Å². The van der Waals surface area contributed by atoms with Crippen molar-refractivity contribution in [3.05, 3.63) is 39.9 Å². The number of carbonyl (C=O) groups is 2. The van der Waals surface area contributed by atoms with Crippen LogP contribution in [0.1, 0.15) is 20.7 Å². The summed E-state index contributed by atoms with van der Waals surface area (Å²) in [6.45, 7) is 0. The molecule has 4 nitrogen and oxygen atoms in total. The van der Waals surface area contributed by atoms with E-state index < -0.39 is 11.9 Å². The molecular formula is C13H7BrO4. The second kappa shape index (κ2) is 3.81. The third-order valence-corrected chi connectivity index (χ3v) is 3.73. The molecule has 0 saturated carbocycles. The Labute approximate surface area is 111 Å². The summed E-state index contributed by atoms with van der Waals surface area (Å²) in [6, 6.07) is 6.77. The molecule has 2 aromatic carbocycles.